The van der Waals surface area contributed by atoms with Gasteiger partial charge in [-0.1, -0.05) is 0 Å². The van der Waals surface area contributed by atoms with E-state index in [9.17, 15) is 14.4 Å². The molecular formula is C18H29N3O4. The number of ether oxygens (including phenoxy) is 1. The molecule has 0 fully saturated rings. The van der Waals surface area contributed by atoms with Crippen LogP contribution in [0.3, 0.4) is 0 Å². The summed E-state index contributed by atoms with van der Waals surface area (Å²) in [5, 5.41) is 0. The van der Waals surface area contributed by atoms with Gasteiger partial charge in [-0.25, -0.2) is 4.79 Å². The van der Waals surface area contributed by atoms with E-state index in [1.807, 2.05) is 32.8 Å². The van der Waals surface area contributed by atoms with Crippen molar-refractivity contribution >= 4 is 17.7 Å². The molecule has 140 valence electrons. The summed E-state index contributed by atoms with van der Waals surface area (Å²) in [6.45, 7) is 8.63. The number of ketones is 1. The van der Waals surface area contributed by atoms with Gasteiger partial charge in [0.1, 0.15) is 5.69 Å². The van der Waals surface area contributed by atoms with E-state index in [4.69, 9.17) is 4.74 Å². The number of amides is 1. The van der Waals surface area contributed by atoms with Crippen molar-refractivity contribution in [1.82, 2.24) is 14.4 Å². The van der Waals surface area contributed by atoms with E-state index in [0.29, 0.717) is 36.5 Å². The van der Waals surface area contributed by atoms with E-state index in [0.717, 1.165) is 5.69 Å². The number of nitrogens with zero attached hydrogens (tertiary/aromatic N) is 3. The molecule has 0 atom stereocenters. The minimum absolute atomic E-state index is 0.000800. The Morgan fingerprint density at radius 2 is 1.72 bits per heavy atom. The molecule has 25 heavy (non-hydrogen) atoms. The van der Waals surface area contributed by atoms with Crippen molar-refractivity contribution in [3.8, 4) is 0 Å². The van der Waals surface area contributed by atoms with Crippen molar-refractivity contribution in [3.63, 3.8) is 0 Å². The second kappa shape index (κ2) is 8.80. The maximum Gasteiger partial charge on any atom is 0.354 e. The number of aromatic nitrogens is 1. The van der Waals surface area contributed by atoms with Crippen LogP contribution in [0, 0.1) is 13.8 Å². The van der Waals surface area contributed by atoms with Gasteiger partial charge in [0.05, 0.1) is 13.7 Å². The second-order valence-electron chi connectivity index (χ2n) is 6.34. The molecule has 7 nitrogen and oxygen atoms in total. The zero-order chi connectivity index (χ0) is 19.3. The highest BCUT2D eigenvalue weighted by Crippen LogP contribution is 2.24. The molecule has 0 spiro atoms. The molecule has 0 saturated heterocycles. The lowest BCUT2D eigenvalue weighted by Crippen LogP contribution is -2.39. The van der Waals surface area contributed by atoms with Crippen molar-refractivity contribution < 1.29 is 19.1 Å². The molecular weight excluding hydrogens is 322 g/mol. The maximum absolute atomic E-state index is 12.9. The first-order chi connectivity index (χ1) is 11.6. The van der Waals surface area contributed by atoms with Gasteiger partial charge < -0.3 is 19.1 Å². The molecule has 1 aromatic rings. The van der Waals surface area contributed by atoms with Gasteiger partial charge in [0.15, 0.2) is 5.78 Å². The first kappa shape index (κ1) is 20.9. The van der Waals surface area contributed by atoms with Gasteiger partial charge in [-0.15, -0.1) is 0 Å². The van der Waals surface area contributed by atoms with Crippen molar-refractivity contribution in [3.05, 3.63) is 22.5 Å². The molecule has 0 N–H and O–H groups in total. The van der Waals surface area contributed by atoms with Crippen molar-refractivity contribution in [2.24, 2.45) is 0 Å². The number of carbonyl (C=O) groups excluding carboxylic acids is 3. The smallest absolute Gasteiger partial charge is 0.354 e. The molecule has 0 radical (unpaired) electrons. The minimum Gasteiger partial charge on any atom is -0.464 e. The van der Waals surface area contributed by atoms with Crippen LogP contribution in [0.25, 0.3) is 0 Å². The summed E-state index contributed by atoms with van der Waals surface area (Å²) >= 11 is 0. The van der Waals surface area contributed by atoms with E-state index in [2.05, 4.69) is 0 Å². The average molecular weight is 351 g/mol. The normalized spacial score (nSPS) is 10.9. The molecule has 0 aliphatic rings. The molecule has 0 saturated carbocycles. The molecule has 1 aromatic heterocycles. The number of likely N-dealkylation sites (N-methyl/N-ethyl adjacent to an activating group) is 1. The van der Waals surface area contributed by atoms with Crippen LogP contribution in [0.4, 0.5) is 0 Å². The quantitative estimate of drug-likeness (QED) is 0.524. The van der Waals surface area contributed by atoms with Crippen LogP contribution < -0.4 is 0 Å². The fourth-order valence-electron chi connectivity index (χ4n) is 2.98. The van der Waals surface area contributed by atoms with Crippen LogP contribution in [0.5, 0.6) is 0 Å². The molecule has 0 bridgehead atoms. The number of esters is 1. The number of Topliss-reactive ketones (excluding diaryl/α,β-unsaturated/α-hetero) is 1. The SMILES string of the molecule is CCn1c(C)c(C(=O)CN(CCN(C)C)C(C)=O)c(C)c1C(=O)OC. The Morgan fingerprint density at radius 3 is 2.16 bits per heavy atom. The van der Waals surface area contributed by atoms with Gasteiger partial charge in [0.2, 0.25) is 5.91 Å². The molecule has 0 aliphatic carbocycles. The van der Waals surface area contributed by atoms with Crippen molar-refractivity contribution in [2.75, 3.05) is 40.8 Å². The number of rotatable bonds is 8. The lowest BCUT2D eigenvalue weighted by Gasteiger charge is -2.22. The van der Waals surface area contributed by atoms with Gasteiger partial charge in [0, 0.05) is 37.8 Å². The van der Waals surface area contributed by atoms with E-state index in [1.165, 1.54) is 18.9 Å². The number of carbonyl (C=O) groups is 3. The minimum atomic E-state index is -0.461. The summed E-state index contributed by atoms with van der Waals surface area (Å²) in [6, 6.07) is 0. The van der Waals surface area contributed by atoms with Crippen LogP contribution in [0.2, 0.25) is 0 Å². The van der Waals surface area contributed by atoms with Crippen molar-refractivity contribution in [2.45, 2.75) is 34.2 Å². The Morgan fingerprint density at radius 1 is 1.12 bits per heavy atom. The monoisotopic (exact) mass is 351 g/mol. The van der Waals surface area contributed by atoms with E-state index >= 15 is 0 Å². The topological polar surface area (TPSA) is 71.9 Å². The summed E-state index contributed by atoms with van der Waals surface area (Å²) < 4.78 is 6.63. The Labute approximate surface area is 149 Å². The van der Waals surface area contributed by atoms with Gasteiger partial charge in [-0.05, 0) is 40.4 Å². The highest BCUT2D eigenvalue weighted by molar-refractivity contribution is 6.04. The molecule has 0 aliphatic heterocycles. The van der Waals surface area contributed by atoms with E-state index in [1.54, 1.807) is 11.5 Å². The lowest BCUT2D eigenvalue weighted by molar-refractivity contribution is -0.128. The van der Waals surface area contributed by atoms with Crippen molar-refractivity contribution in [1.29, 1.82) is 0 Å². The fraction of sp³-hybridized carbons (Fsp3) is 0.611. The Balaban J connectivity index is 3.18. The third kappa shape index (κ3) is 4.69. The first-order valence-electron chi connectivity index (χ1n) is 8.37. The highest BCUT2D eigenvalue weighted by Gasteiger charge is 2.27. The maximum atomic E-state index is 12.9. The predicted octanol–water partition coefficient (Wildman–Crippen LogP) is 1.50. The van der Waals surface area contributed by atoms with E-state index < -0.39 is 5.97 Å². The Bertz CT molecular complexity index is 662. The molecule has 7 heteroatoms. The standard InChI is InChI=1S/C18H29N3O4/c1-8-21-13(3)16(12(2)17(21)18(24)25-7)15(23)11-20(14(4)22)10-9-19(5)6/h8-11H2,1-7H3. The molecule has 1 amide bonds. The molecule has 0 aromatic carbocycles. The van der Waals surface area contributed by atoms with Crippen LogP contribution >= 0.6 is 0 Å². The summed E-state index contributed by atoms with van der Waals surface area (Å²) in [7, 11) is 5.15. The van der Waals surface area contributed by atoms with E-state index in [-0.39, 0.29) is 18.2 Å². The van der Waals surface area contributed by atoms with Crippen LogP contribution in [0.15, 0.2) is 0 Å². The lowest BCUT2D eigenvalue weighted by atomic mass is 10.1. The number of methoxy groups -OCH3 is 1. The Hall–Kier alpha value is -2.15. The first-order valence-corrected chi connectivity index (χ1v) is 8.37. The Kier molecular flexibility index (Phi) is 7.36. The van der Waals surface area contributed by atoms with Crippen LogP contribution in [0.1, 0.15) is 46.0 Å². The highest BCUT2D eigenvalue weighted by atomic mass is 16.5. The van der Waals surface area contributed by atoms with Crippen LogP contribution in [-0.2, 0) is 16.1 Å². The third-order valence-corrected chi connectivity index (χ3v) is 4.34. The zero-order valence-electron chi connectivity index (χ0n) is 16.3. The second-order valence-corrected chi connectivity index (χ2v) is 6.34. The average Bonchev–Trinajstić information content (AvgIpc) is 2.80. The summed E-state index contributed by atoms with van der Waals surface area (Å²) in [5.74, 6) is -0.771. The molecule has 0 unspecified atom stereocenters. The summed E-state index contributed by atoms with van der Waals surface area (Å²) in [4.78, 5) is 40.3. The molecule has 1 rings (SSSR count). The van der Waals surface area contributed by atoms with Gasteiger partial charge in [-0.2, -0.15) is 0 Å². The summed E-state index contributed by atoms with van der Waals surface area (Å²) in [6.07, 6.45) is 0. The van der Waals surface area contributed by atoms with Gasteiger partial charge in [-0.3, -0.25) is 9.59 Å². The molecule has 1 heterocycles. The van der Waals surface area contributed by atoms with Crippen LogP contribution in [-0.4, -0.2) is 72.9 Å². The largest absolute Gasteiger partial charge is 0.464 e. The number of hydrogen-bond donors (Lipinski definition) is 0. The summed E-state index contributed by atoms with van der Waals surface area (Å²) in [5.41, 5.74) is 2.22. The number of hydrogen-bond acceptors (Lipinski definition) is 5. The predicted molar refractivity (Wildman–Crippen MR) is 96.1 cm³/mol. The zero-order valence-corrected chi connectivity index (χ0v) is 16.3. The third-order valence-electron chi connectivity index (χ3n) is 4.34. The van der Waals surface area contributed by atoms with Gasteiger partial charge in [0.25, 0.3) is 0 Å². The van der Waals surface area contributed by atoms with Gasteiger partial charge >= 0.3 is 5.97 Å². The fourth-order valence-corrected chi connectivity index (χ4v) is 2.98.